The summed E-state index contributed by atoms with van der Waals surface area (Å²) in [5.74, 6) is 0.827. The number of aromatic nitrogens is 3. The quantitative estimate of drug-likeness (QED) is 0.709. The lowest BCUT2D eigenvalue weighted by molar-refractivity contribution is 0.111. The van der Waals surface area contributed by atoms with Gasteiger partial charge in [0.2, 0.25) is 5.88 Å². The SMILES string of the molecule is CCn1ncc(C)c1C1=C(COc2cnc(OC)cc2C=O)CCOC1. The van der Waals surface area contributed by atoms with E-state index in [1.165, 1.54) is 13.3 Å². The highest BCUT2D eigenvalue weighted by Gasteiger charge is 2.21. The Morgan fingerprint density at radius 1 is 1.38 bits per heavy atom. The van der Waals surface area contributed by atoms with Crippen LogP contribution in [0.1, 0.15) is 35.0 Å². The molecule has 7 heteroatoms. The van der Waals surface area contributed by atoms with Gasteiger partial charge in [0, 0.05) is 18.2 Å². The highest BCUT2D eigenvalue weighted by molar-refractivity contribution is 5.79. The van der Waals surface area contributed by atoms with Crippen molar-refractivity contribution in [2.75, 3.05) is 26.9 Å². The number of nitrogens with zero attached hydrogens (tertiary/aromatic N) is 3. The van der Waals surface area contributed by atoms with Crippen LogP contribution in [0.3, 0.4) is 0 Å². The first-order valence-corrected chi connectivity index (χ1v) is 8.61. The fourth-order valence-electron chi connectivity index (χ4n) is 3.06. The third-order valence-corrected chi connectivity index (χ3v) is 4.44. The van der Waals surface area contributed by atoms with E-state index in [1.807, 2.05) is 17.8 Å². The molecule has 3 heterocycles. The Hall–Kier alpha value is -2.67. The summed E-state index contributed by atoms with van der Waals surface area (Å²) in [6.07, 6.45) is 4.92. The van der Waals surface area contributed by atoms with Crippen LogP contribution < -0.4 is 9.47 Å². The van der Waals surface area contributed by atoms with E-state index in [4.69, 9.17) is 14.2 Å². The molecule has 1 aliphatic rings. The Balaban J connectivity index is 1.88. The maximum absolute atomic E-state index is 11.3. The van der Waals surface area contributed by atoms with E-state index >= 15 is 0 Å². The second-order valence-corrected chi connectivity index (χ2v) is 6.05. The number of hydrogen-bond donors (Lipinski definition) is 0. The third-order valence-electron chi connectivity index (χ3n) is 4.44. The van der Waals surface area contributed by atoms with Crippen LogP contribution in [0.25, 0.3) is 5.57 Å². The van der Waals surface area contributed by atoms with Crippen LogP contribution in [0.15, 0.2) is 24.0 Å². The molecule has 0 aromatic carbocycles. The van der Waals surface area contributed by atoms with Crippen molar-refractivity contribution in [3.63, 3.8) is 0 Å². The smallest absolute Gasteiger partial charge is 0.213 e. The van der Waals surface area contributed by atoms with Gasteiger partial charge in [-0.3, -0.25) is 9.48 Å². The number of pyridine rings is 1. The van der Waals surface area contributed by atoms with Gasteiger partial charge in [0.15, 0.2) is 6.29 Å². The molecule has 0 amide bonds. The molecule has 2 aromatic rings. The average Bonchev–Trinajstić information content (AvgIpc) is 3.06. The summed E-state index contributed by atoms with van der Waals surface area (Å²) >= 11 is 0. The molecule has 0 bridgehead atoms. The molecular weight excluding hydrogens is 334 g/mol. The molecule has 7 nitrogen and oxygen atoms in total. The molecule has 0 aliphatic carbocycles. The van der Waals surface area contributed by atoms with E-state index < -0.39 is 0 Å². The summed E-state index contributed by atoms with van der Waals surface area (Å²) in [5.41, 5.74) is 4.89. The lowest BCUT2D eigenvalue weighted by Gasteiger charge is -2.22. The fourth-order valence-corrected chi connectivity index (χ4v) is 3.06. The zero-order valence-corrected chi connectivity index (χ0v) is 15.3. The van der Waals surface area contributed by atoms with E-state index in [9.17, 15) is 4.79 Å². The number of carbonyl (C=O) groups excluding carboxylic acids is 1. The number of aryl methyl sites for hydroxylation is 2. The summed E-state index contributed by atoms with van der Waals surface area (Å²) in [4.78, 5) is 15.4. The summed E-state index contributed by atoms with van der Waals surface area (Å²) in [6, 6.07) is 1.57. The molecule has 0 radical (unpaired) electrons. The monoisotopic (exact) mass is 357 g/mol. The zero-order chi connectivity index (χ0) is 18.5. The Labute approximate surface area is 152 Å². The molecule has 0 atom stereocenters. The zero-order valence-electron chi connectivity index (χ0n) is 15.3. The maximum Gasteiger partial charge on any atom is 0.213 e. The predicted molar refractivity (Wildman–Crippen MR) is 96.7 cm³/mol. The second kappa shape index (κ2) is 8.14. The average molecular weight is 357 g/mol. The summed E-state index contributed by atoms with van der Waals surface area (Å²) in [6.45, 7) is 6.47. The number of aldehydes is 1. The normalized spacial score (nSPS) is 14.4. The molecule has 0 spiro atoms. The van der Waals surface area contributed by atoms with Gasteiger partial charge < -0.3 is 14.2 Å². The van der Waals surface area contributed by atoms with Gasteiger partial charge in [0.25, 0.3) is 0 Å². The van der Waals surface area contributed by atoms with Crippen molar-refractivity contribution in [3.05, 3.63) is 40.9 Å². The first-order valence-electron chi connectivity index (χ1n) is 8.61. The highest BCUT2D eigenvalue weighted by Crippen LogP contribution is 2.29. The predicted octanol–water partition coefficient (Wildman–Crippen LogP) is 2.68. The van der Waals surface area contributed by atoms with E-state index in [0.717, 1.165) is 41.7 Å². The van der Waals surface area contributed by atoms with Crippen LogP contribution in [-0.4, -0.2) is 48.0 Å². The Kier molecular flexibility index (Phi) is 5.68. The third kappa shape index (κ3) is 3.62. The molecule has 26 heavy (non-hydrogen) atoms. The van der Waals surface area contributed by atoms with Gasteiger partial charge >= 0.3 is 0 Å². The molecule has 2 aromatic heterocycles. The number of rotatable bonds is 7. The van der Waals surface area contributed by atoms with E-state index in [1.54, 1.807) is 6.07 Å². The van der Waals surface area contributed by atoms with Gasteiger partial charge in [-0.2, -0.15) is 5.10 Å². The highest BCUT2D eigenvalue weighted by atomic mass is 16.5. The molecule has 138 valence electrons. The van der Waals surface area contributed by atoms with E-state index in [2.05, 4.69) is 17.0 Å². The van der Waals surface area contributed by atoms with Crippen molar-refractivity contribution in [3.8, 4) is 11.6 Å². The maximum atomic E-state index is 11.3. The molecule has 0 N–H and O–H groups in total. The van der Waals surface area contributed by atoms with E-state index in [0.29, 0.717) is 37.0 Å². The second-order valence-electron chi connectivity index (χ2n) is 6.05. The van der Waals surface area contributed by atoms with Crippen molar-refractivity contribution in [1.29, 1.82) is 0 Å². The molecule has 0 fully saturated rings. The first-order chi connectivity index (χ1) is 12.7. The van der Waals surface area contributed by atoms with E-state index in [-0.39, 0.29) is 0 Å². The van der Waals surface area contributed by atoms with Gasteiger partial charge in [-0.25, -0.2) is 4.98 Å². The molecule has 0 unspecified atom stereocenters. The van der Waals surface area contributed by atoms with Crippen molar-refractivity contribution in [2.24, 2.45) is 0 Å². The van der Waals surface area contributed by atoms with Gasteiger partial charge in [-0.15, -0.1) is 0 Å². The molecule has 0 saturated heterocycles. The number of carbonyl (C=O) groups is 1. The minimum absolute atomic E-state index is 0.377. The van der Waals surface area contributed by atoms with Gasteiger partial charge in [0.1, 0.15) is 12.4 Å². The lowest BCUT2D eigenvalue weighted by atomic mass is 9.99. The molecule has 3 rings (SSSR count). The standard InChI is InChI=1S/C19H23N3O4/c1-4-22-19(13(2)8-21-22)16-12-25-6-5-14(16)11-26-17-9-20-18(24-3)7-15(17)10-23/h7-10H,4-6,11-12H2,1-3H3. The summed E-state index contributed by atoms with van der Waals surface area (Å²) in [7, 11) is 1.51. The Morgan fingerprint density at radius 2 is 2.23 bits per heavy atom. The number of hydrogen-bond acceptors (Lipinski definition) is 6. The summed E-state index contributed by atoms with van der Waals surface area (Å²) < 4.78 is 18.6. The van der Waals surface area contributed by atoms with Crippen molar-refractivity contribution in [2.45, 2.75) is 26.8 Å². The molecule has 0 saturated carbocycles. The topological polar surface area (TPSA) is 75.5 Å². The molecular formula is C19H23N3O4. The first kappa shape index (κ1) is 18.1. The van der Waals surface area contributed by atoms with Crippen LogP contribution in [0.2, 0.25) is 0 Å². The summed E-state index contributed by atoms with van der Waals surface area (Å²) in [5, 5.41) is 4.42. The van der Waals surface area contributed by atoms with Gasteiger partial charge in [-0.1, -0.05) is 0 Å². The Morgan fingerprint density at radius 3 is 2.96 bits per heavy atom. The largest absolute Gasteiger partial charge is 0.487 e. The minimum Gasteiger partial charge on any atom is -0.487 e. The minimum atomic E-state index is 0.377. The molecule has 1 aliphatic heterocycles. The van der Waals surface area contributed by atoms with Crippen LogP contribution in [0, 0.1) is 6.92 Å². The van der Waals surface area contributed by atoms with Crippen molar-refractivity contribution < 1.29 is 19.0 Å². The number of ether oxygens (including phenoxy) is 3. The van der Waals surface area contributed by atoms with Gasteiger partial charge in [-0.05, 0) is 31.4 Å². The van der Waals surface area contributed by atoms with Crippen molar-refractivity contribution in [1.82, 2.24) is 14.8 Å². The van der Waals surface area contributed by atoms with Crippen LogP contribution in [0.4, 0.5) is 0 Å². The lowest BCUT2D eigenvalue weighted by Crippen LogP contribution is -2.18. The van der Waals surface area contributed by atoms with Gasteiger partial charge in [0.05, 0.1) is 44.0 Å². The van der Waals surface area contributed by atoms with Crippen LogP contribution >= 0.6 is 0 Å². The van der Waals surface area contributed by atoms with Crippen LogP contribution in [-0.2, 0) is 11.3 Å². The number of methoxy groups -OCH3 is 1. The fraction of sp³-hybridized carbons (Fsp3) is 0.421. The van der Waals surface area contributed by atoms with Crippen molar-refractivity contribution >= 4 is 11.9 Å². The van der Waals surface area contributed by atoms with Crippen LogP contribution in [0.5, 0.6) is 11.6 Å². The Bertz CT molecular complexity index is 826.